The quantitative estimate of drug-likeness (QED) is 0.703. The summed E-state index contributed by atoms with van der Waals surface area (Å²) in [6, 6.07) is 10.0. The lowest BCUT2D eigenvalue weighted by molar-refractivity contribution is -0.122. The molecule has 0 radical (unpaired) electrons. The summed E-state index contributed by atoms with van der Waals surface area (Å²) in [6.45, 7) is 2.39. The molecule has 4 rings (SSSR count). The molecule has 2 aliphatic heterocycles. The number of ether oxygens (including phenoxy) is 1. The minimum atomic E-state index is -3.92. The van der Waals surface area contributed by atoms with Crippen LogP contribution in [0.25, 0.3) is 0 Å². The Morgan fingerprint density at radius 3 is 2.36 bits per heavy atom. The highest BCUT2D eigenvalue weighted by Crippen LogP contribution is 2.38. The molecule has 11 heteroatoms. The SMILES string of the molecule is C[C@H]1Oc2cc(S(=O)(=O)N3CCN(C(=O)c4ccc(N(C)C)cc4)CC3)c(Cl)cc2NC1=O. The van der Waals surface area contributed by atoms with Crippen molar-refractivity contribution < 1.29 is 22.7 Å². The first-order valence-corrected chi connectivity index (χ1v) is 12.3. The molecular weight excluding hydrogens is 468 g/mol. The van der Waals surface area contributed by atoms with E-state index in [4.69, 9.17) is 16.3 Å². The van der Waals surface area contributed by atoms with Crippen molar-refractivity contribution in [2.45, 2.75) is 17.9 Å². The molecule has 1 saturated heterocycles. The number of sulfonamides is 1. The number of carbonyl (C=O) groups is 2. The molecule has 33 heavy (non-hydrogen) atoms. The third-order valence-corrected chi connectivity index (χ3v) is 8.10. The smallest absolute Gasteiger partial charge is 0.265 e. The molecule has 0 bridgehead atoms. The number of nitrogens with zero attached hydrogens (tertiary/aromatic N) is 3. The lowest BCUT2D eigenvalue weighted by atomic mass is 10.1. The first-order chi connectivity index (χ1) is 15.6. The second-order valence-electron chi connectivity index (χ2n) is 8.17. The molecule has 1 atom stereocenters. The maximum absolute atomic E-state index is 13.3. The third kappa shape index (κ3) is 4.50. The number of piperazine rings is 1. The van der Waals surface area contributed by atoms with E-state index >= 15 is 0 Å². The van der Waals surface area contributed by atoms with Crippen LogP contribution in [-0.2, 0) is 14.8 Å². The number of amides is 2. The number of nitrogens with one attached hydrogen (secondary N) is 1. The molecule has 0 aromatic heterocycles. The fourth-order valence-corrected chi connectivity index (χ4v) is 5.70. The fourth-order valence-electron chi connectivity index (χ4n) is 3.76. The number of hydrogen-bond donors (Lipinski definition) is 1. The summed E-state index contributed by atoms with van der Waals surface area (Å²) in [5.41, 5.74) is 1.88. The van der Waals surface area contributed by atoms with Gasteiger partial charge in [0.2, 0.25) is 10.0 Å². The van der Waals surface area contributed by atoms with Gasteiger partial charge in [-0.3, -0.25) is 9.59 Å². The van der Waals surface area contributed by atoms with Gasteiger partial charge in [-0.2, -0.15) is 4.31 Å². The second kappa shape index (κ2) is 8.85. The van der Waals surface area contributed by atoms with Crippen molar-refractivity contribution >= 4 is 44.8 Å². The number of fused-ring (bicyclic) bond motifs is 1. The van der Waals surface area contributed by atoms with Crippen LogP contribution in [0.2, 0.25) is 5.02 Å². The number of benzene rings is 2. The fraction of sp³-hybridized carbons (Fsp3) is 0.364. The molecule has 0 unspecified atom stereocenters. The number of carbonyl (C=O) groups excluding carboxylic acids is 2. The van der Waals surface area contributed by atoms with Crippen LogP contribution in [-0.4, -0.2) is 75.8 Å². The van der Waals surface area contributed by atoms with Gasteiger partial charge in [0.05, 0.1) is 10.7 Å². The summed E-state index contributed by atoms with van der Waals surface area (Å²) in [5, 5.41) is 2.64. The number of halogens is 1. The van der Waals surface area contributed by atoms with Gasteiger partial charge in [0, 0.05) is 57.6 Å². The van der Waals surface area contributed by atoms with E-state index in [1.807, 2.05) is 31.1 Å². The number of hydrogen-bond acceptors (Lipinski definition) is 6. The van der Waals surface area contributed by atoms with Gasteiger partial charge >= 0.3 is 0 Å². The van der Waals surface area contributed by atoms with E-state index in [0.717, 1.165) is 5.69 Å². The molecule has 2 amide bonds. The molecule has 2 heterocycles. The van der Waals surface area contributed by atoms with E-state index in [0.29, 0.717) is 11.3 Å². The zero-order chi connectivity index (χ0) is 23.9. The van der Waals surface area contributed by atoms with Crippen molar-refractivity contribution in [2.75, 3.05) is 50.5 Å². The predicted molar refractivity (Wildman–Crippen MR) is 126 cm³/mol. The van der Waals surface area contributed by atoms with E-state index in [1.54, 1.807) is 24.0 Å². The Morgan fingerprint density at radius 1 is 1.12 bits per heavy atom. The lowest BCUT2D eigenvalue weighted by Gasteiger charge is -2.34. The first kappa shape index (κ1) is 23.3. The van der Waals surface area contributed by atoms with E-state index in [2.05, 4.69) is 5.32 Å². The summed E-state index contributed by atoms with van der Waals surface area (Å²) < 4.78 is 33.4. The van der Waals surface area contributed by atoms with Gasteiger partial charge < -0.3 is 19.9 Å². The van der Waals surface area contributed by atoms with Gasteiger partial charge in [0.15, 0.2) is 6.10 Å². The van der Waals surface area contributed by atoms with Crippen molar-refractivity contribution in [3.05, 3.63) is 47.0 Å². The standard InChI is InChI=1S/C22H25ClN4O5S/c1-14-21(28)24-18-12-17(23)20(13-19(18)32-14)33(30,31)27-10-8-26(9-11-27)22(29)15-4-6-16(7-5-15)25(2)3/h4-7,12-14H,8-11H2,1-3H3,(H,24,28)/t14-/m1/s1. The average Bonchev–Trinajstić information content (AvgIpc) is 2.79. The lowest BCUT2D eigenvalue weighted by Crippen LogP contribution is -2.50. The molecular formula is C22H25ClN4O5S. The van der Waals surface area contributed by atoms with Crippen LogP contribution in [0.4, 0.5) is 11.4 Å². The molecule has 0 saturated carbocycles. The topological polar surface area (TPSA) is 99.3 Å². The van der Waals surface area contributed by atoms with E-state index in [-0.39, 0.29) is 53.7 Å². The van der Waals surface area contributed by atoms with Crippen molar-refractivity contribution in [3.8, 4) is 5.75 Å². The molecule has 0 spiro atoms. The molecule has 2 aliphatic rings. The van der Waals surface area contributed by atoms with E-state index in [1.165, 1.54) is 16.4 Å². The van der Waals surface area contributed by atoms with Crippen LogP contribution in [0, 0.1) is 0 Å². The highest BCUT2D eigenvalue weighted by molar-refractivity contribution is 7.89. The Bertz CT molecular complexity index is 1190. The van der Waals surface area contributed by atoms with Crippen molar-refractivity contribution in [1.82, 2.24) is 9.21 Å². The highest BCUT2D eigenvalue weighted by atomic mass is 35.5. The molecule has 2 aromatic carbocycles. The van der Waals surface area contributed by atoms with Gasteiger partial charge in [0.25, 0.3) is 11.8 Å². The van der Waals surface area contributed by atoms with E-state index in [9.17, 15) is 18.0 Å². The van der Waals surface area contributed by atoms with E-state index < -0.39 is 16.1 Å². The molecule has 1 fully saturated rings. The Kier molecular flexibility index (Phi) is 6.26. The summed E-state index contributed by atoms with van der Waals surface area (Å²) >= 11 is 6.26. The molecule has 1 N–H and O–H groups in total. The van der Waals surface area contributed by atoms with Crippen LogP contribution in [0.1, 0.15) is 17.3 Å². The molecule has 176 valence electrons. The summed E-state index contributed by atoms with van der Waals surface area (Å²) in [6.07, 6.45) is -0.740. The van der Waals surface area contributed by atoms with Crippen molar-refractivity contribution in [2.24, 2.45) is 0 Å². The molecule has 0 aliphatic carbocycles. The van der Waals surface area contributed by atoms with Crippen LogP contribution in [0.3, 0.4) is 0 Å². The van der Waals surface area contributed by atoms with Gasteiger partial charge in [-0.15, -0.1) is 0 Å². The van der Waals surface area contributed by atoms with Gasteiger partial charge in [-0.1, -0.05) is 11.6 Å². The monoisotopic (exact) mass is 492 g/mol. The summed E-state index contributed by atoms with van der Waals surface area (Å²) in [5.74, 6) is -0.214. The number of anilines is 2. The Balaban J connectivity index is 1.48. The first-order valence-electron chi connectivity index (χ1n) is 10.5. The zero-order valence-electron chi connectivity index (χ0n) is 18.5. The minimum Gasteiger partial charge on any atom is -0.479 e. The maximum atomic E-state index is 13.3. The molecule has 2 aromatic rings. The summed E-state index contributed by atoms with van der Waals surface area (Å²) in [4.78, 5) is 28.1. The Hall–Kier alpha value is -2.82. The van der Waals surface area contributed by atoms with Gasteiger partial charge in [0.1, 0.15) is 10.6 Å². The normalized spacial score (nSPS) is 18.8. The summed E-state index contributed by atoms with van der Waals surface area (Å²) in [7, 11) is -0.0716. The average molecular weight is 493 g/mol. The van der Waals surface area contributed by atoms with Crippen LogP contribution in [0.5, 0.6) is 5.75 Å². The largest absolute Gasteiger partial charge is 0.479 e. The Morgan fingerprint density at radius 2 is 1.76 bits per heavy atom. The van der Waals surface area contributed by atoms with Gasteiger partial charge in [-0.05, 0) is 37.3 Å². The minimum absolute atomic E-state index is 0.00769. The maximum Gasteiger partial charge on any atom is 0.265 e. The van der Waals surface area contributed by atoms with Crippen molar-refractivity contribution in [3.63, 3.8) is 0 Å². The highest BCUT2D eigenvalue weighted by Gasteiger charge is 2.34. The Labute approximate surface area is 197 Å². The number of rotatable bonds is 4. The predicted octanol–water partition coefficient (Wildman–Crippen LogP) is 2.27. The van der Waals surface area contributed by atoms with Crippen LogP contribution < -0.4 is 15.0 Å². The van der Waals surface area contributed by atoms with Crippen molar-refractivity contribution in [1.29, 1.82) is 0 Å². The zero-order valence-corrected chi connectivity index (χ0v) is 20.1. The third-order valence-electron chi connectivity index (χ3n) is 5.74. The van der Waals surface area contributed by atoms with Crippen LogP contribution in [0.15, 0.2) is 41.3 Å². The second-order valence-corrected chi connectivity index (χ2v) is 10.5. The molecule has 9 nitrogen and oxygen atoms in total. The van der Waals surface area contributed by atoms with Crippen LogP contribution >= 0.6 is 11.6 Å². The van der Waals surface area contributed by atoms with Gasteiger partial charge in [-0.25, -0.2) is 8.42 Å².